The Morgan fingerprint density at radius 1 is 0.952 bits per heavy atom. The number of hydrogen-bond acceptors (Lipinski definition) is 2. The molecule has 2 N–H and O–H groups in total. The van der Waals surface area contributed by atoms with Crippen LogP contribution in [0.5, 0.6) is 0 Å². The third-order valence-electron chi connectivity index (χ3n) is 3.29. The Kier molecular flexibility index (Phi) is 3.17. The molecule has 3 aromatic rings. The van der Waals surface area contributed by atoms with Gasteiger partial charge < -0.3 is 5.73 Å². The monoisotopic (exact) mass is 285 g/mol. The zero-order valence-electron chi connectivity index (χ0n) is 11.3. The van der Waals surface area contributed by atoms with Crippen LogP contribution in [0.2, 0.25) is 0 Å². The number of aromatic nitrogens is 2. The van der Waals surface area contributed by atoms with Crippen LogP contribution in [0.4, 0.5) is 14.6 Å². The average Bonchev–Trinajstić information content (AvgIpc) is 2.75. The predicted molar refractivity (Wildman–Crippen MR) is 78.4 cm³/mol. The van der Waals surface area contributed by atoms with Gasteiger partial charge in [-0.25, -0.2) is 8.78 Å². The summed E-state index contributed by atoms with van der Waals surface area (Å²) in [5.41, 5.74) is 8.40. The fraction of sp³-hybridized carbons (Fsp3) is 0.0625. The number of halogens is 2. The summed E-state index contributed by atoms with van der Waals surface area (Å²) in [7, 11) is 1.70. The molecule has 106 valence electrons. The number of nitrogens with zero attached hydrogens (tertiary/aromatic N) is 2. The van der Waals surface area contributed by atoms with Crippen molar-refractivity contribution in [2.75, 3.05) is 5.73 Å². The van der Waals surface area contributed by atoms with Crippen molar-refractivity contribution in [3.05, 3.63) is 60.2 Å². The lowest BCUT2D eigenvalue weighted by Crippen LogP contribution is -1.97. The second kappa shape index (κ2) is 5.01. The zero-order chi connectivity index (χ0) is 15.0. The zero-order valence-corrected chi connectivity index (χ0v) is 11.3. The molecule has 3 rings (SSSR count). The topological polar surface area (TPSA) is 43.8 Å². The largest absolute Gasteiger partial charge is 0.383 e. The summed E-state index contributed by atoms with van der Waals surface area (Å²) in [6, 6.07) is 12.7. The molecule has 21 heavy (non-hydrogen) atoms. The van der Waals surface area contributed by atoms with Gasteiger partial charge in [-0.1, -0.05) is 30.3 Å². The van der Waals surface area contributed by atoms with Crippen LogP contribution in [0.1, 0.15) is 0 Å². The van der Waals surface area contributed by atoms with E-state index < -0.39 is 11.6 Å². The van der Waals surface area contributed by atoms with Crippen molar-refractivity contribution in [1.29, 1.82) is 0 Å². The van der Waals surface area contributed by atoms with Gasteiger partial charge in [-0.15, -0.1) is 0 Å². The summed E-state index contributed by atoms with van der Waals surface area (Å²) in [6.07, 6.45) is 0. The lowest BCUT2D eigenvalue weighted by atomic mass is 10.0. The summed E-state index contributed by atoms with van der Waals surface area (Å²) >= 11 is 0. The van der Waals surface area contributed by atoms with Gasteiger partial charge in [0.15, 0.2) is 0 Å². The number of nitrogen functional groups attached to an aromatic ring is 1. The van der Waals surface area contributed by atoms with Gasteiger partial charge in [-0.3, -0.25) is 4.68 Å². The van der Waals surface area contributed by atoms with E-state index in [9.17, 15) is 8.78 Å². The van der Waals surface area contributed by atoms with E-state index in [2.05, 4.69) is 5.10 Å². The molecule has 3 nitrogen and oxygen atoms in total. The predicted octanol–water partition coefficient (Wildman–Crippen LogP) is 3.61. The van der Waals surface area contributed by atoms with Crippen molar-refractivity contribution in [2.45, 2.75) is 0 Å². The van der Waals surface area contributed by atoms with Gasteiger partial charge in [0.2, 0.25) is 0 Å². The van der Waals surface area contributed by atoms with E-state index >= 15 is 0 Å². The van der Waals surface area contributed by atoms with Crippen LogP contribution in [0.15, 0.2) is 48.5 Å². The van der Waals surface area contributed by atoms with Crippen molar-refractivity contribution in [2.24, 2.45) is 7.05 Å². The Labute approximate surface area is 120 Å². The van der Waals surface area contributed by atoms with Gasteiger partial charge in [-0.2, -0.15) is 5.10 Å². The van der Waals surface area contributed by atoms with E-state index in [1.54, 1.807) is 7.05 Å². The first-order chi connectivity index (χ1) is 10.1. The lowest BCUT2D eigenvalue weighted by Gasteiger charge is -2.05. The Balaban J connectivity index is 2.26. The maximum Gasteiger partial charge on any atom is 0.129 e. The maximum absolute atomic E-state index is 13.4. The molecule has 0 aliphatic rings. The lowest BCUT2D eigenvalue weighted by molar-refractivity contribution is 0.584. The van der Waals surface area contributed by atoms with E-state index in [-0.39, 0.29) is 0 Å². The van der Waals surface area contributed by atoms with E-state index in [1.165, 1.54) is 16.8 Å². The molecule has 0 unspecified atom stereocenters. The molecule has 0 bridgehead atoms. The average molecular weight is 285 g/mol. The summed E-state index contributed by atoms with van der Waals surface area (Å²) in [5, 5.41) is 4.30. The van der Waals surface area contributed by atoms with Crippen molar-refractivity contribution in [1.82, 2.24) is 9.78 Å². The number of anilines is 1. The number of aryl methyl sites for hydroxylation is 1. The minimum Gasteiger partial charge on any atom is -0.383 e. The van der Waals surface area contributed by atoms with E-state index in [0.717, 1.165) is 11.6 Å². The molecule has 0 amide bonds. The first-order valence-electron chi connectivity index (χ1n) is 6.40. The molecular weight excluding hydrogens is 272 g/mol. The minimum absolute atomic E-state index is 0.360. The molecule has 0 atom stereocenters. The van der Waals surface area contributed by atoms with Crippen LogP contribution in [0, 0.1) is 11.6 Å². The van der Waals surface area contributed by atoms with Crippen molar-refractivity contribution in [3.8, 4) is 22.4 Å². The molecule has 1 aromatic heterocycles. The van der Waals surface area contributed by atoms with E-state index in [1.807, 2.05) is 30.3 Å². The van der Waals surface area contributed by atoms with Crippen LogP contribution >= 0.6 is 0 Å². The second-order valence-electron chi connectivity index (χ2n) is 4.76. The normalized spacial score (nSPS) is 10.8. The number of nitrogens with two attached hydrogens (primary N) is 1. The maximum atomic E-state index is 13.4. The highest BCUT2D eigenvalue weighted by Crippen LogP contribution is 2.36. The van der Waals surface area contributed by atoms with E-state index in [4.69, 9.17) is 5.73 Å². The number of hydrogen-bond donors (Lipinski definition) is 1. The fourth-order valence-electron chi connectivity index (χ4n) is 2.32. The van der Waals surface area contributed by atoms with Crippen LogP contribution in [-0.2, 0) is 7.05 Å². The molecule has 0 aliphatic carbocycles. The molecule has 0 saturated heterocycles. The number of benzene rings is 2. The first kappa shape index (κ1) is 13.3. The molecule has 0 aliphatic heterocycles. The SMILES string of the molecule is Cn1nc(-c2cc(F)cc(F)c2)c(-c2ccccc2)c1N. The highest BCUT2D eigenvalue weighted by atomic mass is 19.1. The van der Waals surface area contributed by atoms with Crippen LogP contribution < -0.4 is 5.73 Å². The van der Waals surface area contributed by atoms with Gasteiger partial charge in [0.1, 0.15) is 23.1 Å². The highest BCUT2D eigenvalue weighted by Gasteiger charge is 2.18. The summed E-state index contributed by atoms with van der Waals surface area (Å²) < 4.78 is 28.4. The fourth-order valence-corrected chi connectivity index (χ4v) is 2.32. The Hall–Kier alpha value is -2.69. The Morgan fingerprint density at radius 3 is 2.19 bits per heavy atom. The Morgan fingerprint density at radius 2 is 1.57 bits per heavy atom. The molecule has 2 aromatic carbocycles. The quantitative estimate of drug-likeness (QED) is 0.781. The van der Waals surface area contributed by atoms with Gasteiger partial charge in [0, 0.05) is 18.7 Å². The van der Waals surface area contributed by atoms with Crippen LogP contribution in [0.3, 0.4) is 0 Å². The molecule has 0 radical (unpaired) electrons. The molecule has 0 fully saturated rings. The highest BCUT2D eigenvalue weighted by molar-refractivity contribution is 5.88. The molecule has 0 saturated carbocycles. The van der Waals surface area contributed by atoms with Crippen LogP contribution in [-0.4, -0.2) is 9.78 Å². The molecule has 5 heteroatoms. The third-order valence-corrected chi connectivity index (χ3v) is 3.29. The van der Waals surface area contributed by atoms with Gasteiger partial charge in [0.25, 0.3) is 0 Å². The molecule has 1 heterocycles. The first-order valence-corrected chi connectivity index (χ1v) is 6.40. The van der Waals surface area contributed by atoms with Crippen molar-refractivity contribution < 1.29 is 8.78 Å². The third kappa shape index (κ3) is 2.38. The molecular formula is C16H13F2N3. The minimum atomic E-state index is -0.645. The van der Waals surface area contributed by atoms with E-state index in [0.29, 0.717) is 22.6 Å². The van der Waals surface area contributed by atoms with Crippen molar-refractivity contribution in [3.63, 3.8) is 0 Å². The van der Waals surface area contributed by atoms with Gasteiger partial charge in [0.05, 0.1) is 5.56 Å². The van der Waals surface area contributed by atoms with Crippen molar-refractivity contribution >= 4 is 5.82 Å². The van der Waals surface area contributed by atoms with Gasteiger partial charge >= 0.3 is 0 Å². The summed E-state index contributed by atoms with van der Waals surface area (Å²) in [4.78, 5) is 0. The number of rotatable bonds is 2. The Bertz CT molecular complexity index is 775. The summed E-state index contributed by atoms with van der Waals surface area (Å²) in [6.45, 7) is 0. The smallest absolute Gasteiger partial charge is 0.129 e. The second-order valence-corrected chi connectivity index (χ2v) is 4.76. The van der Waals surface area contributed by atoms with Gasteiger partial charge in [-0.05, 0) is 17.7 Å². The standard InChI is InChI=1S/C16H13F2N3/c1-21-16(19)14(10-5-3-2-4-6-10)15(20-21)11-7-12(17)9-13(18)8-11/h2-9H,19H2,1H3. The molecule has 0 spiro atoms. The summed E-state index contributed by atoms with van der Waals surface area (Å²) in [5.74, 6) is -0.845. The van der Waals surface area contributed by atoms with Crippen LogP contribution in [0.25, 0.3) is 22.4 Å².